The second-order valence-electron chi connectivity index (χ2n) is 5.63. The van der Waals surface area contributed by atoms with Gasteiger partial charge in [-0.15, -0.1) is 0 Å². The average molecular weight is 311 g/mol. The fraction of sp³-hybridized carbons (Fsp3) is 0.316. The van der Waals surface area contributed by atoms with Gasteiger partial charge in [-0.1, -0.05) is 36.4 Å². The zero-order valence-corrected chi connectivity index (χ0v) is 13.4. The molecule has 23 heavy (non-hydrogen) atoms. The van der Waals surface area contributed by atoms with Gasteiger partial charge in [-0.2, -0.15) is 0 Å². The molecule has 2 aromatic rings. The van der Waals surface area contributed by atoms with Crippen LogP contribution in [0.25, 0.3) is 0 Å². The molecule has 0 unspecified atom stereocenters. The number of carbonyl (C=O) groups excluding carboxylic acids is 1. The number of fused-ring (bicyclic) bond motifs is 1. The summed E-state index contributed by atoms with van der Waals surface area (Å²) in [6.07, 6.45) is 0.406. The molecule has 0 saturated carbocycles. The molecule has 1 aliphatic carbocycles. The van der Waals surface area contributed by atoms with Crippen molar-refractivity contribution < 1.29 is 14.3 Å². The molecule has 1 amide bonds. The van der Waals surface area contributed by atoms with E-state index in [0.29, 0.717) is 6.61 Å². The fourth-order valence-electron chi connectivity index (χ4n) is 3.29. The first-order valence-corrected chi connectivity index (χ1v) is 7.88. The third kappa shape index (κ3) is 3.16. The van der Waals surface area contributed by atoms with Crippen LogP contribution >= 0.6 is 0 Å². The molecule has 120 valence electrons. The van der Waals surface area contributed by atoms with Gasteiger partial charge in [0.25, 0.3) is 0 Å². The zero-order chi connectivity index (χ0) is 16.2. The number of carbonyl (C=O) groups is 1. The van der Waals surface area contributed by atoms with Crippen molar-refractivity contribution in [3.63, 3.8) is 0 Å². The van der Waals surface area contributed by atoms with Gasteiger partial charge in [0.15, 0.2) is 0 Å². The highest BCUT2D eigenvalue weighted by molar-refractivity contribution is 5.68. The molecule has 0 radical (unpaired) electrons. The lowest BCUT2D eigenvalue weighted by atomic mass is 9.90. The molecule has 0 heterocycles. The van der Waals surface area contributed by atoms with E-state index in [1.54, 1.807) is 7.11 Å². The van der Waals surface area contributed by atoms with Crippen LogP contribution < -0.4 is 10.1 Å². The van der Waals surface area contributed by atoms with E-state index in [9.17, 15) is 4.79 Å². The van der Waals surface area contributed by atoms with E-state index < -0.39 is 0 Å². The van der Waals surface area contributed by atoms with Crippen LogP contribution in [-0.4, -0.2) is 25.9 Å². The second-order valence-corrected chi connectivity index (χ2v) is 5.63. The van der Waals surface area contributed by atoms with Crippen LogP contribution in [0.5, 0.6) is 5.75 Å². The Balaban J connectivity index is 1.95. The maximum atomic E-state index is 11.9. The molecule has 1 N–H and O–H groups in total. The largest absolute Gasteiger partial charge is 0.497 e. The Morgan fingerprint density at radius 3 is 2.70 bits per heavy atom. The van der Waals surface area contributed by atoms with Gasteiger partial charge in [0, 0.05) is 12.0 Å². The van der Waals surface area contributed by atoms with Gasteiger partial charge in [-0.3, -0.25) is 0 Å². The van der Waals surface area contributed by atoms with E-state index in [-0.39, 0.29) is 18.1 Å². The molecule has 0 fully saturated rings. The monoisotopic (exact) mass is 311 g/mol. The standard InChI is InChI=1S/C19H21NO3/c1-3-23-19(21)20-17-12-14-11-15(22-2)9-10-16(14)18(17)13-7-5-4-6-8-13/h4-11,17-18H,3,12H2,1-2H3,(H,20,21)/t17-,18-/m0/s1. The summed E-state index contributed by atoms with van der Waals surface area (Å²) < 4.78 is 10.4. The Kier molecular flexibility index (Phi) is 4.51. The van der Waals surface area contributed by atoms with Crippen molar-refractivity contribution in [3.8, 4) is 5.75 Å². The van der Waals surface area contributed by atoms with Gasteiger partial charge in [0.05, 0.1) is 13.7 Å². The lowest BCUT2D eigenvalue weighted by Crippen LogP contribution is -2.38. The number of alkyl carbamates (subject to hydrolysis) is 1. The van der Waals surface area contributed by atoms with Crippen LogP contribution in [0.15, 0.2) is 48.5 Å². The quantitative estimate of drug-likeness (QED) is 0.940. The number of hydrogen-bond acceptors (Lipinski definition) is 3. The van der Waals surface area contributed by atoms with Crippen molar-refractivity contribution in [2.45, 2.75) is 25.3 Å². The lowest BCUT2D eigenvalue weighted by molar-refractivity contribution is 0.147. The maximum Gasteiger partial charge on any atom is 0.407 e. The average Bonchev–Trinajstić information content (AvgIpc) is 2.92. The van der Waals surface area contributed by atoms with Crippen LogP contribution in [0, 0.1) is 0 Å². The third-order valence-electron chi connectivity index (χ3n) is 4.26. The van der Waals surface area contributed by atoms with Crippen LogP contribution in [0.3, 0.4) is 0 Å². The lowest BCUT2D eigenvalue weighted by Gasteiger charge is -2.22. The number of ether oxygens (including phenoxy) is 2. The minimum absolute atomic E-state index is 0.0152. The molecule has 4 heteroatoms. The first-order valence-electron chi connectivity index (χ1n) is 7.88. The number of nitrogens with one attached hydrogen (secondary N) is 1. The van der Waals surface area contributed by atoms with E-state index >= 15 is 0 Å². The summed E-state index contributed by atoms with van der Waals surface area (Å²) in [4.78, 5) is 11.9. The summed E-state index contributed by atoms with van der Waals surface area (Å²) in [5.74, 6) is 0.967. The second kappa shape index (κ2) is 6.73. The maximum absolute atomic E-state index is 11.9. The van der Waals surface area contributed by atoms with E-state index in [4.69, 9.17) is 9.47 Å². The van der Waals surface area contributed by atoms with Crippen molar-refractivity contribution in [2.24, 2.45) is 0 Å². The number of benzene rings is 2. The minimum Gasteiger partial charge on any atom is -0.497 e. The summed E-state index contributed by atoms with van der Waals surface area (Å²) in [5.41, 5.74) is 3.64. The van der Waals surface area contributed by atoms with Gasteiger partial charge in [0.1, 0.15) is 5.75 Å². The molecule has 0 bridgehead atoms. The van der Waals surface area contributed by atoms with Crippen LogP contribution in [0.4, 0.5) is 4.79 Å². The summed E-state index contributed by atoms with van der Waals surface area (Å²) in [6.45, 7) is 2.18. The Bertz CT molecular complexity index is 684. The Morgan fingerprint density at radius 1 is 1.22 bits per heavy atom. The van der Waals surface area contributed by atoms with E-state index in [0.717, 1.165) is 12.2 Å². The number of rotatable bonds is 4. The molecule has 0 aliphatic heterocycles. The normalized spacial score (nSPS) is 19.0. The molecule has 0 spiro atoms. The number of hydrogen-bond donors (Lipinski definition) is 1. The summed E-state index contributed by atoms with van der Waals surface area (Å²) >= 11 is 0. The highest BCUT2D eigenvalue weighted by Gasteiger charge is 2.35. The Labute approximate surface area is 136 Å². The topological polar surface area (TPSA) is 47.6 Å². The summed E-state index contributed by atoms with van der Waals surface area (Å²) in [7, 11) is 1.67. The SMILES string of the molecule is CCOC(=O)N[C@H]1Cc2cc(OC)ccc2[C@@H]1c1ccccc1. The molecule has 0 saturated heterocycles. The fourth-order valence-corrected chi connectivity index (χ4v) is 3.29. The molecule has 1 aliphatic rings. The number of methoxy groups -OCH3 is 1. The van der Waals surface area contributed by atoms with E-state index in [1.807, 2.05) is 31.2 Å². The van der Waals surface area contributed by atoms with Crippen molar-refractivity contribution in [1.82, 2.24) is 5.32 Å². The predicted molar refractivity (Wildman–Crippen MR) is 88.9 cm³/mol. The van der Waals surface area contributed by atoms with E-state index in [2.05, 4.69) is 29.6 Å². The molecular formula is C19H21NO3. The molecule has 2 aromatic carbocycles. The van der Waals surface area contributed by atoms with E-state index in [1.165, 1.54) is 16.7 Å². The van der Waals surface area contributed by atoms with Crippen molar-refractivity contribution in [3.05, 3.63) is 65.2 Å². The Hall–Kier alpha value is -2.49. The third-order valence-corrected chi connectivity index (χ3v) is 4.26. The van der Waals surface area contributed by atoms with Crippen molar-refractivity contribution >= 4 is 6.09 Å². The predicted octanol–water partition coefficient (Wildman–Crippen LogP) is 3.50. The molecule has 2 atom stereocenters. The van der Waals surface area contributed by atoms with Crippen LogP contribution in [-0.2, 0) is 11.2 Å². The molecule has 0 aromatic heterocycles. The van der Waals surface area contributed by atoms with Gasteiger partial charge < -0.3 is 14.8 Å². The highest BCUT2D eigenvalue weighted by Crippen LogP contribution is 2.39. The van der Waals surface area contributed by atoms with Gasteiger partial charge in [-0.05, 0) is 42.2 Å². The minimum atomic E-state index is -0.363. The Morgan fingerprint density at radius 2 is 2.00 bits per heavy atom. The summed E-state index contributed by atoms with van der Waals surface area (Å²) in [6, 6.07) is 16.4. The first-order chi connectivity index (χ1) is 11.2. The molecular weight excluding hydrogens is 290 g/mol. The first kappa shape index (κ1) is 15.4. The highest BCUT2D eigenvalue weighted by atomic mass is 16.5. The zero-order valence-electron chi connectivity index (χ0n) is 13.4. The number of amides is 1. The van der Waals surface area contributed by atoms with Crippen molar-refractivity contribution in [1.29, 1.82) is 0 Å². The van der Waals surface area contributed by atoms with Crippen LogP contribution in [0.1, 0.15) is 29.5 Å². The molecule has 4 nitrogen and oxygen atoms in total. The smallest absolute Gasteiger partial charge is 0.407 e. The molecule has 3 rings (SSSR count). The summed E-state index contributed by atoms with van der Waals surface area (Å²) in [5, 5.41) is 3.01. The van der Waals surface area contributed by atoms with Gasteiger partial charge >= 0.3 is 6.09 Å². The van der Waals surface area contributed by atoms with Crippen LogP contribution in [0.2, 0.25) is 0 Å². The van der Waals surface area contributed by atoms with Crippen molar-refractivity contribution in [2.75, 3.05) is 13.7 Å². The van der Waals surface area contributed by atoms with Gasteiger partial charge in [-0.25, -0.2) is 4.79 Å². The van der Waals surface area contributed by atoms with Gasteiger partial charge in [0.2, 0.25) is 0 Å².